The van der Waals surface area contributed by atoms with Crippen molar-refractivity contribution in [3.05, 3.63) is 16.7 Å². The van der Waals surface area contributed by atoms with Gasteiger partial charge in [0.15, 0.2) is 17.4 Å². The monoisotopic (exact) mass is 351 g/mol. The lowest BCUT2D eigenvalue weighted by molar-refractivity contribution is -0.118. The Morgan fingerprint density at radius 3 is 2.88 bits per heavy atom. The molecular weight excluding hydrogens is 330 g/mol. The zero-order valence-electron chi connectivity index (χ0n) is 14.4. The average molecular weight is 351 g/mol. The van der Waals surface area contributed by atoms with Crippen molar-refractivity contribution in [1.29, 1.82) is 0 Å². The van der Waals surface area contributed by atoms with E-state index in [1.807, 2.05) is 0 Å². The van der Waals surface area contributed by atoms with Gasteiger partial charge in [0, 0.05) is 13.0 Å². The summed E-state index contributed by atoms with van der Waals surface area (Å²) in [5.41, 5.74) is -0.144. The van der Waals surface area contributed by atoms with E-state index in [0.717, 1.165) is 0 Å². The number of aromatic amines is 1. The molecule has 2 aromatic rings. The minimum absolute atomic E-state index is 0.0264. The van der Waals surface area contributed by atoms with Gasteiger partial charge in [0.25, 0.3) is 5.56 Å². The standard InChI is InChI=1S/C15H21N5O5/c1-6(2)12(22)18-15-17-11-8(13(23)19-15)16-5-20(11)14-10(24-4)9(21)7(3)25-14/h5-7,9-10,14,21H,1-4H3,(H2,17,18,19,22,23)/t7-,9?,10?,14-/m1/s1. The van der Waals surface area contributed by atoms with Crippen LogP contribution < -0.4 is 10.9 Å². The first kappa shape index (κ1) is 17.5. The Hall–Kier alpha value is -2.30. The van der Waals surface area contributed by atoms with Gasteiger partial charge in [0.05, 0.1) is 12.4 Å². The Morgan fingerprint density at radius 2 is 2.24 bits per heavy atom. The molecule has 0 bridgehead atoms. The second-order valence-electron chi connectivity index (χ2n) is 6.31. The van der Waals surface area contributed by atoms with Crippen LogP contribution >= 0.6 is 0 Å². The normalized spacial score (nSPS) is 26.5. The van der Waals surface area contributed by atoms with E-state index in [1.54, 1.807) is 20.8 Å². The zero-order chi connectivity index (χ0) is 18.3. The molecule has 2 unspecified atom stereocenters. The molecule has 0 spiro atoms. The molecule has 3 N–H and O–H groups in total. The SMILES string of the molecule is COC1C(O)[C@@H](C)O[C@H]1n1cnc2c(=O)[nH]c(NC(=O)C(C)C)nc21. The first-order valence-corrected chi connectivity index (χ1v) is 7.97. The summed E-state index contributed by atoms with van der Waals surface area (Å²) in [6, 6.07) is 0. The van der Waals surface area contributed by atoms with Gasteiger partial charge in [-0.25, -0.2) is 4.98 Å². The number of anilines is 1. The molecular formula is C15H21N5O5. The second kappa shape index (κ2) is 6.54. The molecule has 1 aliphatic rings. The molecule has 0 saturated carbocycles. The van der Waals surface area contributed by atoms with E-state index in [9.17, 15) is 14.7 Å². The fourth-order valence-electron chi connectivity index (χ4n) is 2.73. The van der Waals surface area contributed by atoms with Gasteiger partial charge < -0.3 is 14.6 Å². The fraction of sp³-hybridized carbons (Fsp3) is 0.600. The maximum absolute atomic E-state index is 12.2. The average Bonchev–Trinajstić information content (AvgIpc) is 3.09. The first-order valence-electron chi connectivity index (χ1n) is 7.97. The maximum Gasteiger partial charge on any atom is 0.280 e. The van der Waals surface area contributed by atoms with Crippen LogP contribution in [0.25, 0.3) is 11.2 Å². The number of H-pyrrole nitrogens is 1. The minimum atomic E-state index is -0.824. The Labute approximate surface area is 143 Å². The smallest absolute Gasteiger partial charge is 0.280 e. The Morgan fingerprint density at radius 1 is 1.52 bits per heavy atom. The zero-order valence-corrected chi connectivity index (χ0v) is 14.4. The van der Waals surface area contributed by atoms with E-state index in [0.29, 0.717) is 0 Å². The number of methoxy groups -OCH3 is 1. The Kier molecular flexibility index (Phi) is 4.58. The maximum atomic E-state index is 12.2. The summed E-state index contributed by atoms with van der Waals surface area (Å²) >= 11 is 0. The lowest BCUT2D eigenvalue weighted by Crippen LogP contribution is -2.32. The fourth-order valence-corrected chi connectivity index (χ4v) is 2.73. The molecule has 2 aromatic heterocycles. The predicted octanol–water partition coefficient (Wildman–Crippen LogP) is 0.00730. The number of aromatic nitrogens is 4. The molecule has 1 fully saturated rings. The van der Waals surface area contributed by atoms with Crippen molar-refractivity contribution < 1.29 is 19.4 Å². The molecule has 1 aliphatic heterocycles. The molecule has 0 radical (unpaired) electrons. The number of hydrogen-bond donors (Lipinski definition) is 3. The summed E-state index contributed by atoms with van der Waals surface area (Å²) in [4.78, 5) is 34.9. The number of fused-ring (bicyclic) bond motifs is 1. The Balaban J connectivity index is 2.04. The largest absolute Gasteiger partial charge is 0.388 e. The molecule has 25 heavy (non-hydrogen) atoms. The minimum Gasteiger partial charge on any atom is -0.388 e. The summed E-state index contributed by atoms with van der Waals surface area (Å²) in [6.45, 7) is 5.19. The summed E-state index contributed by atoms with van der Waals surface area (Å²) in [7, 11) is 1.47. The molecule has 136 valence electrons. The van der Waals surface area contributed by atoms with E-state index < -0.39 is 30.1 Å². The molecule has 0 aromatic carbocycles. The summed E-state index contributed by atoms with van der Waals surface area (Å²) < 4.78 is 12.6. The van der Waals surface area contributed by atoms with Crippen LogP contribution in [0.1, 0.15) is 27.0 Å². The van der Waals surface area contributed by atoms with E-state index in [4.69, 9.17) is 9.47 Å². The quantitative estimate of drug-likeness (QED) is 0.707. The van der Waals surface area contributed by atoms with Gasteiger partial charge >= 0.3 is 0 Å². The van der Waals surface area contributed by atoms with E-state index in [1.165, 1.54) is 18.0 Å². The van der Waals surface area contributed by atoms with Gasteiger partial charge in [-0.3, -0.25) is 24.5 Å². The topological polar surface area (TPSA) is 131 Å². The van der Waals surface area contributed by atoms with Gasteiger partial charge in [-0.15, -0.1) is 0 Å². The highest BCUT2D eigenvalue weighted by molar-refractivity contribution is 5.91. The lowest BCUT2D eigenvalue weighted by Gasteiger charge is -2.20. The van der Waals surface area contributed by atoms with Gasteiger partial charge in [-0.05, 0) is 6.92 Å². The van der Waals surface area contributed by atoms with E-state index >= 15 is 0 Å². The number of nitrogens with zero attached hydrogens (tertiary/aromatic N) is 3. The number of imidazole rings is 1. The van der Waals surface area contributed by atoms with Crippen LogP contribution in [0.15, 0.2) is 11.1 Å². The summed E-state index contributed by atoms with van der Waals surface area (Å²) in [5.74, 6) is -0.513. The molecule has 1 saturated heterocycles. The molecule has 4 atom stereocenters. The molecule has 3 heterocycles. The van der Waals surface area contributed by atoms with Crippen molar-refractivity contribution >= 4 is 23.0 Å². The summed E-state index contributed by atoms with van der Waals surface area (Å²) in [5, 5.41) is 12.7. The number of rotatable bonds is 4. The number of carbonyl (C=O) groups excluding carboxylic acids is 1. The number of aliphatic hydroxyl groups excluding tert-OH is 1. The number of hydrogen-bond acceptors (Lipinski definition) is 7. The van der Waals surface area contributed by atoms with Crippen molar-refractivity contribution in [2.75, 3.05) is 12.4 Å². The molecule has 10 heteroatoms. The lowest BCUT2D eigenvalue weighted by atomic mass is 10.1. The highest BCUT2D eigenvalue weighted by Gasteiger charge is 2.43. The van der Waals surface area contributed by atoms with Crippen LogP contribution in [-0.2, 0) is 14.3 Å². The van der Waals surface area contributed by atoms with Crippen LogP contribution in [0.2, 0.25) is 0 Å². The number of amides is 1. The highest BCUT2D eigenvalue weighted by Crippen LogP contribution is 2.32. The van der Waals surface area contributed by atoms with Crippen molar-refractivity contribution in [1.82, 2.24) is 19.5 Å². The van der Waals surface area contributed by atoms with Crippen LogP contribution in [0, 0.1) is 5.92 Å². The third kappa shape index (κ3) is 3.03. The van der Waals surface area contributed by atoms with E-state index in [-0.39, 0.29) is 28.9 Å². The molecule has 0 aliphatic carbocycles. The number of carbonyl (C=O) groups is 1. The van der Waals surface area contributed by atoms with Crippen molar-refractivity contribution in [3.63, 3.8) is 0 Å². The van der Waals surface area contributed by atoms with Crippen LogP contribution in [-0.4, -0.2) is 56.0 Å². The van der Waals surface area contributed by atoms with Gasteiger partial charge in [0.2, 0.25) is 11.9 Å². The number of ether oxygens (including phenoxy) is 2. The Bertz CT molecular complexity index is 844. The molecule has 10 nitrogen and oxygen atoms in total. The van der Waals surface area contributed by atoms with E-state index in [2.05, 4.69) is 20.3 Å². The van der Waals surface area contributed by atoms with Gasteiger partial charge in [0.1, 0.15) is 12.2 Å². The van der Waals surface area contributed by atoms with Crippen molar-refractivity contribution in [2.45, 2.75) is 45.3 Å². The highest BCUT2D eigenvalue weighted by atomic mass is 16.6. The second-order valence-corrected chi connectivity index (χ2v) is 6.31. The summed E-state index contributed by atoms with van der Waals surface area (Å²) in [6.07, 6.45) is -1.20. The van der Waals surface area contributed by atoms with Crippen LogP contribution in [0.5, 0.6) is 0 Å². The molecule has 1 amide bonds. The van der Waals surface area contributed by atoms with Crippen molar-refractivity contribution in [2.24, 2.45) is 5.92 Å². The van der Waals surface area contributed by atoms with Crippen LogP contribution in [0.3, 0.4) is 0 Å². The predicted molar refractivity (Wildman–Crippen MR) is 88.0 cm³/mol. The van der Waals surface area contributed by atoms with Gasteiger partial charge in [-0.1, -0.05) is 13.8 Å². The van der Waals surface area contributed by atoms with Crippen molar-refractivity contribution in [3.8, 4) is 0 Å². The van der Waals surface area contributed by atoms with Gasteiger partial charge in [-0.2, -0.15) is 4.98 Å². The number of nitrogens with one attached hydrogen (secondary N) is 2. The third-order valence-corrected chi connectivity index (χ3v) is 4.20. The molecule has 3 rings (SSSR count). The third-order valence-electron chi connectivity index (χ3n) is 4.20. The number of aliphatic hydroxyl groups is 1. The van der Waals surface area contributed by atoms with Crippen LogP contribution in [0.4, 0.5) is 5.95 Å². The first-order chi connectivity index (χ1) is 11.8.